The van der Waals surface area contributed by atoms with Crippen LogP contribution in [0.15, 0.2) is 42.6 Å². The number of aromatic amines is 1. The molecule has 144 valence electrons. The topological polar surface area (TPSA) is 44.8 Å². The van der Waals surface area contributed by atoms with Gasteiger partial charge < -0.3 is 4.90 Å². The molecular weight excluding hydrogens is 344 g/mol. The van der Waals surface area contributed by atoms with E-state index in [1.165, 1.54) is 27.6 Å². The summed E-state index contributed by atoms with van der Waals surface area (Å²) in [6.07, 6.45) is 4.17. The van der Waals surface area contributed by atoms with E-state index in [9.17, 15) is 0 Å². The Morgan fingerprint density at radius 2 is 1.61 bits per heavy atom. The van der Waals surface area contributed by atoms with Crippen LogP contribution in [0.25, 0.3) is 32.9 Å². The van der Waals surface area contributed by atoms with Gasteiger partial charge in [-0.05, 0) is 38.3 Å². The van der Waals surface area contributed by atoms with Gasteiger partial charge in [0.15, 0.2) is 0 Å². The molecule has 0 aliphatic carbocycles. The first kappa shape index (κ1) is 18.5. The predicted molar refractivity (Wildman–Crippen MR) is 119 cm³/mol. The fourth-order valence-corrected chi connectivity index (χ4v) is 4.28. The van der Waals surface area contributed by atoms with Crippen molar-refractivity contribution >= 4 is 27.4 Å². The van der Waals surface area contributed by atoms with E-state index in [4.69, 9.17) is 4.98 Å². The third kappa shape index (κ3) is 3.03. The van der Waals surface area contributed by atoms with Crippen LogP contribution in [0.1, 0.15) is 37.9 Å². The number of H-pyrrole nitrogens is 1. The molecule has 2 heterocycles. The number of pyridine rings is 1. The van der Waals surface area contributed by atoms with Crippen LogP contribution in [0.5, 0.6) is 0 Å². The minimum atomic E-state index is 1.05. The van der Waals surface area contributed by atoms with Crippen LogP contribution in [0, 0.1) is 13.8 Å². The Kier molecular flexibility index (Phi) is 5.03. The summed E-state index contributed by atoms with van der Waals surface area (Å²) in [5.74, 6) is 0. The highest BCUT2D eigenvalue weighted by atomic mass is 15.1. The van der Waals surface area contributed by atoms with E-state index < -0.39 is 0 Å². The lowest BCUT2D eigenvalue weighted by Crippen LogP contribution is -2.26. The SMILES string of the molecule is CCCN(CCC)c1c(C)nc(-c2c(C)ccc3[nH]ncc23)c2ccccc12. The van der Waals surface area contributed by atoms with Crippen LogP contribution in [-0.4, -0.2) is 28.3 Å². The lowest BCUT2D eigenvalue weighted by Gasteiger charge is -2.27. The molecule has 2 aromatic heterocycles. The predicted octanol–water partition coefficient (Wildman–Crippen LogP) is 6.02. The molecule has 4 nitrogen and oxygen atoms in total. The summed E-state index contributed by atoms with van der Waals surface area (Å²) in [5, 5.41) is 11.0. The van der Waals surface area contributed by atoms with Crippen LogP contribution >= 0.6 is 0 Å². The summed E-state index contributed by atoms with van der Waals surface area (Å²) in [6, 6.07) is 12.9. The van der Waals surface area contributed by atoms with Crippen molar-refractivity contribution in [1.82, 2.24) is 15.2 Å². The molecule has 0 radical (unpaired) electrons. The molecule has 0 bridgehead atoms. The minimum Gasteiger partial charge on any atom is -0.370 e. The number of aromatic nitrogens is 3. The average Bonchev–Trinajstić information content (AvgIpc) is 3.16. The molecule has 0 aliphatic rings. The Bertz CT molecular complexity index is 1120. The molecule has 4 heteroatoms. The lowest BCUT2D eigenvalue weighted by molar-refractivity contribution is 0.743. The van der Waals surface area contributed by atoms with Gasteiger partial charge in [-0.25, -0.2) is 0 Å². The number of hydrogen-bond donors (Lipinski definition) is 1. The highest BCUT2D eigenvalue weighted by Gasteiger charge is 2.19. The van der Waals surface area contributed by atoms with Gasteiger partial charge in [0, 0.05) is 34.8 Å². The van der Waals surface area contributed by atoms with Crippen molar-refractivity contribution in [2.45, 2.75) is 40.5 Å². The van der Waals surface area contributed by atoms with Gasteiger partial charge in [0.1, 0.15) is 0 Å². The average molecular weight is 373 g/mol. The highest BCUT2D eigenvalue weighted by Crippen LogP contribution is 2.39. The number of benzene rings is 2. The maximum absolute atomic E-state index is 5.16. The molecule has 28 heavy (non-hydrogen) atoms. The van der Waals surface area contributed by atoms with Gasteiger partial charge in [-0.15, -0.1) is 0 Å². The number of hydrogen-bond acceptors (Lipinski definition) is 3. The molecule has 0 saturated carbocycles. The van der Waals surface area contributed by atoms with Gasteiger partial charge in [-0.1, -0.05) is 44.2 Å². The Labute approximate surface area is 166 Å². The van der Waals surface area contributed by atoms with Crippen molar-refractivity contribution < 1.29 is 0 Å². The molecule has 4 aromatic rings. The molecule has 0 aliphatic heterocycles. The smallest absolute Gasteiger partial charge is 0.0795 e. The monoisotopic (exact) mass is 372 g/mol. The number of nitrogens with zero attached hydrogens (tertiary/aromatic N) is 3. The molecule has 1 N–H and O–H groups in total. The molecule has 0 atom stereocenters. The Hall–Kier alpha value is -2.88. The van der Waals surface area contributed by atoms with Crippen LogP contribution in [0.4, 0.5) is 5.69 Å². The van der Waals surface area contributed by atoms with Crippen molar-refractivity contribution in [1.29, 1.82) is 0 Å². The fraction of sp³-hybridized carbons (Fsp3) is 0.333. The van der Waals surface area contributed by atoms with Crippen molar-refractivity contribution in [3.05, 3.63) is 53.9 Å². The van der Waals surface area contributed by atoms with E-state index in [1.54, 1.807) is 0 Å². The standard InChI is InChI=1S/C24H28N4/c1-5-13-28(14-6-2)24-17(4)26-23(18-9-7-8-10-19(18)24)22-16(3)11-12-21-20(22)15-25-27-21/h7-12,15H,5-6,13-14H2,1-4H3,(H,25,27). The normalized spacial score (nSPS) is 11.4. The van der Waals surface area contributed by atoms with Crippen LogP contribution in [-0.2, 0) is 0 Å². The van der Waals surface area contributed by atoms with Gasteiger partial charge in [0.2, 0.25) is 0 Å². The van der Waals surface area contributed by atoms with E-state index in [1.807, 2.05) is 6.20 Å². The van der Waals surface area contributed by atoms with Crippen LogP contribution < -0.4 is 4.90 Å². The summed E-state index contributed by atoms with van der Waals surface area (Å²) >= 11 is 0. The zero-order valence-corrected chi connectivity index (χ0v) is 17.2. The van der Waals surface area contributed by atoms with Crippen LogP contribution in [0.2, 0.25) is 0 Å². The van der Waals surface area contributed by atoms with Crippen LogP contribution in [0.3, 0.4) is 0 Å². The third-order valence-corrected chi connectivity index (χ3v) is 5.43. The largest absolute Gasteiger partial charge is 0.370 e. The molecule has 0 saturated heterocycles. The van der Waals surface area contributed by atoms with Crippen molar-refractivity contribution in [2.75, 3.05) is 18.0 Å². The first-order valence-electron chi connectivity index (χ1n) is 10.2. The number of anilines is 1. The molecular formula is C24H28N4. The lowest BCUT2D eigenvalue weighted by atomic mass is 9.95. The minimum absolute atomic E-state index is 1.05. The maximum atomic E-state index is 5.16. The molecule has 0 unspecified atom stereocenters. The fourth-order valence-electron chi connectivity index (χ4n) is 4.28. The maximum Gasteiger partial charge on any atom is 0.0795 e. The number of nitrogens with one attached hydrogen (secondary N) is 1. The first-order valence-corrected chi connectivity index (χ1v) is 10.2. The van der Waals surface area contributed by atoms with Crippen molar-refractivity contribution in [3.8, 4) is 11.3 Å². The van der Waals surface area contributed by atoms with E-state index in [-0.39, 0.29) is 0 Å². The number of fused-ring (bicyclic) bond motifs is 2. The summed E-state index contributed by atoms with van der Waals surface area (Å²) in [7, 11) is 0. The summed E-state index contributed by atoms with van der Waals surface area (Å²) in [5.41, 5.74) is 6.86. The second-order valence-corrected chi connectivity index (χ2v) is 7.52. The van der Waals surface area contributed by atoms with Gasteiger partial charge >= 0.3 is 0 Å². The van der Waals surface area contributed by atoms with E-state index in [0.717, 1.165) is 48.2 Å². The van der Waals surface area contributed by atoms with Crippen molar-refractivity contribution in [3.63, 3.8) is 0 Å². The van der Waals surface area contributed by atoms with Gasteiger partial charge in [0.05, 0.1) is 28.8 Å². The van der Waals surface area contributed by atoms with E-state index in [2.05, 4.69) is 79.2 Å². The molecule has 0 spiro atoms. The summed E-state index contributed by atoms with van der Waals surface area (Å²) in [4.78, 5) is 7.66. The zero-order valence-electron chi connectivity index (χ0n) is 17.2. The number of rotatable bonds is 6. The molecule has 0 amide bonds. The third-order valence-electron chi connectivity index (χ3n) is 5.43. The summed E-state index contributed by atoms with van der Waals surface area (Å²) in [6.45, 7) is 10.9. The molecule has 4 rings (SSSR count). The van der Waals surface area contributed by atoms with Gasteiger partial charge in [0.25, 0.3) is 0 Å². The molecule has 0 fully saturated rings. The van der Waals surface area contributed by atoms with E-state index in [0.29, 0.717) is 0 Å². The summed E-state index contributed by atoms with van der Waals surface area (Å²) < 4.78 is 0. The van der Waals surface area contributed by atoms with Gasteiger partial charge in [-0.3, -0.25) is 10.1 Å². The quantitative estimate of drug-likeness (QED) is 0.450. The van der Waals surface area contributed by atoms with Crippen molar-refractivity contribution in [2.24, 2.45) is 0 Å². The number of aryl methyl sites for hydroxylation is 2. The van der Waals surface area contributed by atoms with Gasteiger partial charge in [-0.2, -0.15) is 5.10 Å². The van der Waals surface area contributed by atoms with E-state index >= 15 is 0 Å². The highest BCUT2D eigenvalue weighted by molar-refractivity contribution is 6.08. The second-order valence-electron chi connectivity index (χ2n) is 7.52. The first-order chi connectivity index (χ1) is 13.7. The Balaban J connectivity index is 2.04. The molecule has 2 aromatic carbocycles. The Morgan fingerprint density at radius 1 is 0.893 bits per heavy atom. The Morgan fingerprint density at radius 3 is 2.32 bits per heavy atom. The second kappa shape index (κ2) is 7.63. The zero-order chi connectivity index (χ0) is 19.7.